The Morgan fingerprint density at radius 3 is 2.61 bits per heavy atom. The van der Waals surface area contributed by atoms with E-state index in [2.05, 4.69) is 10.1 Å². The Hall–Kier alpha value is -3.18. The first-order valence-electron chi connectivity index (χ1n) is 8.94. The molecule has 0 fully saturated rings. The molecule has 4 rings (SSSR count). The first-order chi connectivity index (χ1) is 13.6. The zero-order chi connectivity index (χ0) is 19.5. The predicted molar refractivity (Wildman–Crippen MR) is 110 cm³/mol. The number of anilines is 1. The molecule has 1 heterocycles. The van der Waals surface area contributed by atoms with Gasteiger partial charge in [0.25, 0.3) is 0 Å². The van der Waals surface area contributed by atoms with Crippen LogP contribution in [0, 0.1) is 0 Å². The van der Waals surface area contributed by atoms with E-state index < -0.39 is 0 Å². The molecule has 0 bridgehead atoms. The van der Waals surface area contributed by atoms with Gasteiger partial charge in [0.2, 0.25) is 17.6 Å². The number of aromatic nitrogens is 2. The average molecular weight is 392 g/mol. The van der Waals surface area contributed by atoms with Gasteiger partial charge in [-0.1, -0.05) is 53.2 Å². The topological polar surface area (TPSA) is 59.2 Å². The molecule has 0 spiro atoms. The SMILES string of the molecule is CN(C(=O)CCc1nc(-c2ccc(Cl)cc2)no1)c1cccc2ccccc12. The van der Waals surface area contributed by atoms with Gasteiger partial charge in [-0.15, -0.1) is 0 Å². The summed E-state index contributed by atoms with van der Waals surface area (Å²) in [5.41, 5.74) is 1.70. The van der Waals surface area contributed by atoms with Gasteiger partial charge in [-0.3, -0.25) is 4.79 Å². The van der Waals surface area contributed by atoms with Crippen molar-refractivity contribution in [3.05, 3.63) is 77.6 Å². The van der Waals surface area contributed by atoms with E-state index in [-0.39, 0.29) is 12.3 Å². The quantitative estimate of drug-likeness (QED) is 0.472. The number of amides is 1. The average Bonchev–Trinajstić information content (AvgIpc) is 3.20. The van der Waals surface area contributed by atoms with Gasteiger partial charge in [0, 0.05) is 35.9 Å². The Morgan fingerprint density at radius 2 is 1.79 bits per heavy atom. The Morgan fingerprint density at radius 1 is 1.04 bits per heavy atom. The maximum atomic E-state index is 12.7. The summed E-state index contributed by atoms with van der Waals surface area (Å²) < 4.78 is 5.29. The molecular weight excluding hydrogens is 374 g/mol. The highest BCUT2D eigenvalue weighted by atomic mass is 35.5. The molecule has 0 radical (unpaired) electrons. The Balaban J connectivity index is 1.45. The molecule has 5 nitrogen and oxygen atoms in total. The maximum Gasteiger partial charge on any atom is 0.227 e. The molecular formula is C22H18ClN3O2. The van der Waals surface area contributed by atoms with Crippen molar-refractivity contribution in [2.75, 3.05) is 11.9 Å². The van der Waals surface area contributed by atoms with Crippen molar-refractivity contribution >= 4 is 34.0 Å². The molecule has 28 heavy (non-hydrogen) atoms. The van der Waals surface area contributed by atoms with Crippen LogP contribution in [-0.4, -0.2) is 23.1 Å². The zero-order valence-electron chi connectivity index (χ0n) is 15.3. The minimum atomic E-state index is -0.0115. The highest BCUT2D eigenvalue weighted by Gasteiger charge is 2.16. The molecule has 140 valence electrons. The van der Waals surface area contributed by atoms with Crippen molar-refractivity contribution < 1.29 is 9.32 Å². The minimum absolute atomic E-state index is 0.0115. The molecule has 0 atom stereocenters. The third-order valence-corrected chi connectivity index (χ3v) is 4.88. The first kappa shape index (κ1) is 18.2. The van der Waals surface area contributed by atoms with E-state index in [1.165, 1.54) is 0 Å². The van der Waals surface area contributed by atoms with E-state index in [0.29, 0.717) is 23.2 Å². The van der Waals surface area contributed by atoms with Crippen molar-refractivity contribution in [3.63, 3.8) is 0 Å². The number of hydrogen-bond acceptors (Lipinski definition) is 4. The van der Waals surface area contributed by atoms with Gasteiger partial charge in [-0.25, -0.2) is 0 Å². The van der Waals surface area contributed by atoms with Crippen LogP contribution in [0.2, 0.25) is 5.02 Å². The van der Waals surface area contributed by atoms with Gasteiger partial charge < -0.3 is 9.42 Å². The van der Waals surface area contributed by atoms with E-state index in [1.807, 2.05) is 54.6 Å². The maximum absolute atomic E-state index is 12.7. The summed E-state index contributed by atoms with van der Waals surface area (Å²) in [7, 11) is 1.79. The molecule has 0 aliphatic rings. The predicted octanol–water partition coefficient (Wildman–Crippen LogP) is 5.14. The summed E-state index contributed by atoms with van der Waals surface area (Å²) in [6.45, 7) is 0. The van der Waals surface area contributed by atoms with Gasteiger partial charge in [0.05, 0.1) is 5.69 Å². The van der Waals surface area contributed by atoms with Crippen molar-refractivity contribution in [2.45, 2.75) is 12.8 Å². The summed E-state index contributed by atoms with van der Waals surface area (Å²) in [5.74, 6) is 0.911. The molecule has 1 aromatic heterocycles. The number of aryl methyl sites for hydroxylation is 1. The Labute approximate surface area is 167 Å². The van der Waals surface area contributed by atoms with Crippen LogP contribution in [0.4, 0.5) is 5.69 Å². The third kappa shape index (κ3) is 3.75. The summed E-state index contributed by atoms with van der Waals surface area (Å²) >= 11 is 5.90. The lowest BCUT2D eigenvalue weighted by Gasteiger charge is -2.19. The number of nitrogens with zero attached hydrogens (tertiary/aromatic N) is 3. The van der Waals surface area contributed by atoms with E-state index >= 15 is 0 Å². The van der Waals surface area contributed by atoms with Crippen LogP contribution in [0.15, 0.2) is 71.3 Å². The number of fused-ring (bicyclic) bond motifs is 1. The molecule has 0 N–H and O–H groups in total. The fourth-order valence-electron chi connectivity index (χ4n) is 3.09. The highest BCUT2D eigenvalue weighted by molar-refractivity contribution is 6.30. The van der Waals surface area contributed by atoms with E-state index in [0.717, 1.165) is 22.0 Å². The van der Waals surface area contributed by atoms with Crippen LogP contribution in [0.1, 0.15) is 12.3 Å². The second-order valence-electron chi connectivity index (χ2n) is 6.47. The lowest BCUT2D eigenvalue weighted by atomic mass is 10.1. The normalized spacial score (nSPS) is 10.9. The zero-order valence-corrected chi connectivity index (χ0v) is 16.1. The van der Waals surface area contributed by atoms with Crippen LogP contribution in [0.3, 0.4) is 0 Å². The van der Waals surface area contributed by atoms with Crippen LogP contribution in [0.25, 0.3) is 22.2 Å². The van der Waals surface area contributed by atoms with Gasteiger partial charge in [0.1, 0.15) is 0 Å². The number of halogens is 1. The smallest absolute Gasteiger partial charge is 0.227 e. The number of carbonyl (C=O) groups is 1. The fourth-order valence-corrected chi connectivity index (χ4v) is 3.22. The standard InChI is InChI=1S/C22H18ClN3O2/c1-26(19-8-4-6-15-5-2-3-7-18(15)19)21(27)14-13-20-24-22(25-28-20)16-9-11-17(23)12-10-16/h2-12H,13-14H2,1H3. The molecule has 0 aliphatic heterocycles. The fraction of sp³-hybridized carbons (Fsp3) is 0.136. The summed E-state index contributed by atoms with van der Waals surface area (Å²) in [6.07, 6.45) is 0.663. The van der Waals surface area contributed by atoms with Crippen LogP contribution < -0.4 is 4.90 Å². The number of benzene rings is 3. The van der Waals surface area contributed by atoms with Gasteiger partial charge in [-0.2, -0.15) is 4.98 Å². The monoisotopic (exact) mass is 391 g/mol. The molecule has 1 amide bonds. The van der Waals surface area contributed by atoms with Crippen LogP contribution in [-0.2, 0) is 11.2 Å². The minimum Gasteiger partial charge on any atom is -0.339 e. The van der Waals surface area contributed by atoms with Gasteiger partial charge >= 0.3 is 0 Å². The van der Waals surface area contributed by atoms with Crippen molar-refractivity contribution in [1.82, 2.24) is 10.1 Å². The van der Waals surface area contributed by atoms with Crippen molar-refractivity contribution in [1.29, 1.82) is 0 Å². The Bertz CT molecular complexity index is 1120. The van der Waals surface area contributed by atoms with Crippen molar-refractivity contribution in [2.24, 2.45) is 0 Å². The number of carbonyl (C=O) groups excluding carboxylic acids is 1. The molecule has 0 aliphatic carbocycles. The molecule has 3 aromatic carbocycles. The lowest BCUT2D eigenvalue weighted by molar-refractivity contribution is -0.118. The molecule has 6 heteroatoms. The highest BCUT2D eigenvalue weighted by Crippen LogP contribution is 2.26. The largest absolute Gasteiger partial charge is 0.339 e. The summed E-state index contributed by atoms with van der Waals surface area (Å²) in [6, 6.07) is 21.2. The number of rotatable bonds is 5. The van der Waals surface area contributed by atoms with Crippen LogP contribution >= 0.6 is 11.6 Å². The number of hydrogen-bond donors (Lipinski definition) is 0. The molecule has 0 saturated heterocycles. The van der Waals surface area contributed by atoms with Gasteiger partial charge in [-0.05, 0) is 35.7 Å². The summed E-state index contributed by atoms with van der Waals surface area (Å²) in [4.78, 5) is 18.7. The third-order valence-electron chi connectivity index (χ3n) is 4.63. The van der Waals surface area contributed by atoms with E-state index in [4.69, 9.17) is 16.1 Å². The van der Waals surface area contributed by atoms with Crippen LogP contribution in [0.5, 0.6) is 0 Å². The Kier molecular flexibility index (Phi) is 5.08. The second-order valence-corrected chi connectivity index (χ2v) is 6.91. The van der Waals surface area contributed by atoms with E-state index in [1.54, 1.807) is 24.1 Å². The van der Waals surface area contributed by atoms with E-state index in [9.17, 15) is 4.79 Å². The van der Waals surface area contributed by atoms with Gasteiger partial charge in [0.15, 0.2) is 0 Å². The first-order valence-corrected chi connectivity index (χ1v) is 9.32. The molecule has 0 unspecified atom stereocenters. The molecule has 4 aromatic rings. The molecule has 0 saturated carbocycles. The summed E-state index contributed by atoms with van der Waals surface area (Å²) in [5, 5.41) is 6.78. The second kappa shape index (κ2) is 7.82. The van der Waals surface area contributed by atoms with Crippen molar-refractivity contribution in [3.8, 4) is 11.4 Å². The lowest BCUT2D eigenvalue weighted by Crippen LogP contribution is -2.26.